The van der Waals surface area contributed by atoms with E-state index in [4.69, 9.17) is 4.42 Å². The summed E-state index contributed by atoms with van der Waals surface area (Å²) < 4.78 is 19.4. The fraction of sp³-hybridized carbons (Fsp3) is 0.522. The maximum Gasteiger partial charge on any atom is 0.225 e. The smallest absolute Gasteiger partial charge is 0.225 e. The van der Waals surface area contributed by atoms with Crippen LogP contribution >= 0.6 is 0 Å². The molecule has 28 heavy (non-hydrogen) atoms. The van der Waals surface area contributed by atoms with Crippen molar-refractivity contribution in [2.45, 2.75) is 46.2 Å². The highest BCUT2D eigenvalue weighted by atomic mass is 19.1. The van der Waals surface area contributed by atoms with Crippen LogP contribution in [0.5, 0.6) is 0 Å². The summed E-state index contributed by atoms with van der Waals surface area (Å²) in [6.45, 7) is 11.1. The van der Waals surface area contributed by atoms with Crippen molar-refractivity contribution >= 4 is 5.91 Å². The Morgan fingerprint density at radius 3 is 2.61 bits per heavy atom. The van der Waals surface area contributed by atoms with Crippen LogP contribution in [0.1, 0.15) is 44.9 Å². The highest BCUT2D eigenvalue weighted by molar-refractivity contribution is 5.78. The lowest BCUT2D eigenvalue weighted by atomic mass is 9.88. The fourth-order valence-electron chi connectivity index (χ4n) is 4.15. The number of furan rings is 1. The summed E-state index contributed by atoms with van der Waals surface area (Å²) in [6, 6.07) is 10.9. The standard InChI is InChI=1S/C23H31FN2O2/c1-16(2)23(27)26(17(3)4)13-19-12-25(14-21-9-6-10-28-21)15-22(19)18-7-5-8-20(24)11-18/h5-11,16-17,19,22H,12-15H2,1-4H3. The van der Waals surface area contributed by atoms with Crippen LogP contribution in [0.15, 0.2) is 47.1 Å². The molecule has 1 saturated heterocycles. The van der Waals surface area contributed by atoms with Crippen molar-refractivity contribution < 1.29 is 13.6 Å². The highest BCUT2D eigenvalue weighted by Gasteiger charge is 2.37. The van der Waals surface area contributed by atoms with Crippen molar-refractivity contribution in [3.8, 4) is 0 Å². The van der Waals surface area contributed by atoms with Crippen molar-refractivity contribution in [3.63, 3.8) is 0 Å². The highest BCUT2D eigenvalue weighted by Crippen LogP contribution is 2.35. The monoisotopic (exact) mass is 386 g/mol. The Labute approximate surface area is 167 Å². The van der Waals surface area contributed by atoms with Gasteiger partial charge in [0.2, 0.25) is 5.91 Å². The summed E-state index contributed by atoms with van der Waals surface area (Å²) in [7, 11) is 0. The third-order valence-electron chi connectivity index (χ3n) is 5.58. The number of amides is 1. The van der Waals surface area contributed by atoms with E-state index >= 15 is 0 Å². The van der Waals surface area contributed by atoms with Gasteiger partial charge in [-0.25, -0.2) is 4.39 Å². The van der Waals surface area contributed by atoms with Gasteiger partial charge in [0.25, 0.3) is 0 Å². The zero-order valence-corrected chi connectivity index (χ0v) is 17.3. The maximum absolute atomic E-state index is 13.9. The van der Waals surface area contributed by atoms with E-state index in [1.54, 1.807) is 18.4 Å². The number of hydrogen-bond acceptors (Lipinski definition) is 3. The van der Waals surface area contributed by atoms with Crippen LogP contribution in [0.25, 0.3) is 0 Å². The minimum atomic E-state index is -0.209. The normalized spacial score (nSPS) is 20.2. The zero-order chi connectivity index (χ0) is 20.3. The Bertz CT molecular complexity index is 773. The van der Waals surface area contributed by atoms with Gasteiger partial charge in [0.1, 0.15) is 11.6 Å². The molecule has 3 rings (SSSR count). The van der Waals surface area contributed by atoms with Crippen LogP contribution in [0.2, 0.25) is 0 Å². The summed E-state index contributed by atoms with van der Waals surface area (Å²) in [5, 5.41) is 0. The van der Waals surface area contributed by atoms with Crippen LogP contribution in [0.4, 0.5) is 4.39 Å². The van der Waals surface area contributed by atoms with Crippen LogP contribution in [0, 0.1) is 17.7 Å². The number of halogens is 1. The number of rotatable bonds is 7. The molecule has 1 aliphatic heterocycles. The van der Waals surface area contributed by atoms with Gasteiger partial charge in [-0.2, -0.15) is 0 Å². The summed E-state index contributed by atoms with van der Waals surface area (Å²) in [5.74, 6) is 1.30. The first-order valence-electron chi connectivity index (χ1n) is 10.2. The molecule has 0 spiro atoms. The predicted molar refractivity (Wildman–Crippen MR) is 108 cm³/mol. The minimum absolute atomic E-state index is 0.0318. The Morgan fingerprint density at radius 2 is 2.00 bits per heavy atom. The average molecular weight is 387 g/mol. The summed E-state index contributed by atoms with van der Waals surface area (Å²) in [4.78, 5) is 17.1. The molecule has 2 unspecified atom stereocenters. The number of nitrogens with zero attached hydrogens (tertiary/aromatic N) is 2. The third kappa shape index (κ3) is 4.82. The molecule has 2 aromatic rings. The van der Waals surface area contributed by atoms with Crippen molar-refractivity contribution in [1.29, 1.82) is 0 Å². The molecule has 2 atom stereocenters. The average Bonchev–Trinajstić information content (AvgIpc) is 3.29. The first-order valence-corrected chi connectivity index (χ1v) is 10.2. The largest absolute Gasteiger partial charge is 0.468 e. The molecule has 1 fully saturated rings. The van der Waals surface area contributed by atoms with E-state index in [1.807, 2.05) is 36.9 Å². The lowest BCUT2D eigenvalue weighted by Crippen LogP contribution is -2.43. The number of benzene rings is 1. The van der Waals surface area contributed by atoms with Gasteiger partial charge in [0.05, 0.1) is 12.8 Å². The van der Waals surface area contributed by atoms with Gasteiger partial charge < -0.3 is 9.32 Å². The maximum atomic E-state index is 13.9. The summed E-state index contributed by atoms with van der Waals surface area (Å²) >= 11 is 0. The molecule has 1 aliphatic rings. The second-order valence-corrected chi connectivity index (χ2v) is 8.43. The van der Waals surface area contributed by atoms with E-state index in [0.29, 0.717) is 6.54 Å². The Kier molecular flexibility index (Phi) is 6.55. The van der Waals surface area contributed by atoms with E-state index in [-0.39, 0.29) is 35.5 Å². The lowest BCUT2D eigenvalue weighted by molar-refractivity contribution is -0.136. The Hall–Kier alpha value is -2.14. The molecular weight excluding hydrogens is 355 g/mol. The zero-order valence-electron chi connectivity index (χ0n) is 17.3. The van der Waals surface area contributed by atoms with Crippen LogP contribution in [-0.2, 0) is 11.3 Å². The molecule has 1 aromatic carbocycles. The van der Waals surface area contributed by atoms with Gasteiger partial charge in [0, 0.05) is 37.5 Å². The quantitative estimate of drug-likeness (QED) is 0.702. The molecule has 5 heteroatoms. The van der Waals surface area contributed by atoms with Crippen molar-refractivity contribution in [1.82, 2.24) is 9.80 Å². The van der Waals surface area contributed by atoms with Gasteiger partial charge in [-0.1, -0.05) is 26.0 Å². The fourth-order valence-corrected chi connectivity index (χ4v) is 4.15. The van der Waals surface area contributed by atoms with E-state index in [9.17, 15) is 9.18 Å². The molecule has 0 radical (unpaired) electrons. The molecule has 0 bridgehead atoms. The molecule has 2 heterocycles. The topological polar surface area (TPSA) is 36.7 Å². The van der Waals surface area contributed by atoms with Gasteiger partial charge in [-0.3, -0.25) is 9.69 Å². The summed E-state index contributed by atoms with van der Waals surface area (Å²) in [5.41, 5.74) is 1.01. The molecule has 0 saturated carbocycles. The van der Waals surface area contributed by atoms with Crippen molar-refractivity contribution in [3.05, 3.63) is 59.8 Å². The molecule has 0 N–H and O–H groups in total. The minimum Gasteiger partial charge on any atom is -0.468 e. The van der Waals surface area contributed by atoms with Crippen molar-refractivity contribution in [2.75, 3.05) is 19.6 Å². The SMILES string of the molecule is CC(C)C(=O)N(CC1CN(Cc2ccco2)CC1c1cccc(F)c1)C(C)C. The Balaban J connectivity index is 1.82. The number of hydrogen-bond donors (Lipinski definition) is 0. The predicted octanol–water partition coefficient (Wildman–Crippen LogP) is 4.53. The van der Waals surface area contributed by atoms with Crippen LogP contribution < -0.4 is 0 Å². The van der Waals surface area contributed by atoms with E-state index in [2.05, 4.69) is 18.7 Å². The molecule has 152 valence electrons. The van der Waals surface area contributed by atoms with Crippen molar-refractivity contribution in [2.24, 2.45) is 11.8 Å². The number of likely N-dealkylation sites (tertiary alicyclic amines) is 1. The van der Waals surface area contributed by atoms with E-state index in [0.717, 1.165) is 31.0 Å². The summed E-state index contributed by atoms with van der Waals surface area (Å²) in [6.07, 6.45) is 1.69. The first kappa shape index (κ1) is 20.6. The molecule has 1 amide bonds. The number of carbonyl (C=O) groups excluding carboxylic acids is 1. The first-order chi connectivity index (χ1) is 13.3. The molecule has 4 nitrogen and oxygen atoms in total. The second-order valence-electron chi connectivity index (χ2n) is 8.43. The van der Waals surface area contributed by atoms with Crippen LogP contribution in [0.3, 0.4) is 0 Å². The number of carbonyl (C=O) groups is 1. The van der Waals surface area contributed by atoms with Gasteiger partial charge in [-0.15, -0.1) is 0 Å². The molecular formula is C23H31FN2O2. The third-order valence-corrected chi connectivity index (χ3v) is 5.58. The lowest BCUT2D eigenvalue weighted by Gasteiger charge is -2.33. The van der Waals surface area contributed by atoms with E-state index < -0.39 is 0 Å². The van der Waals surface area contributed by atoms with Crippen LogP contribution in [-0.4, -0.2) is 41.4 Å². The van der Waals surface area contributed by atoms with E-state index in [1.165, 1.54) is 6.07 Å². The molecule has 0 aliphatic carbocycles. The second kappa shape index (κ2) is 8.91. The molecule has 1 aromatic heterocycles. The van der Waals surface area contributed by atoms with Gasteiger partial charge >= 0.3 is 0 Å². The Morgan fingerprint density at radius 1 is 1.21 bits per heavy atom. The van der Waals surface area contributed by atoms with Gasteiger partial charge in [0.15, 0.2) is 0 Å². The van der Waals surface area contributed by atoms with Gasteiger partial charge in [-0.05, 0) is 49.6 Å².